The average Bonchev–Trinajstić information content (AvgIpc) is 3.62. The molecule has 208 valence electrons. The molecule has 2 aromatic heterocycles. The summed E-state index contributed by atoms with van der Waals surface area (Å²) in [6.07, 6.45) is -3.76. The van der Waals surface area contributed by atoms with Gasteiger partial charge in [0.15, 0.2) is 16.9 Å². The minimum atomic E-state index is -4.88. The van der Waals surface area contributed by atoms with E-state index in [-0.39, 0.29) is 40.8 Å². The van der Waals surface area contributed by atoms with Crippen molar-refractivity contribution in [1.82, 2.24) is 15.3 Å². The molecule has 2 aliphatic rings. The minimum absolute atomic E-state index is 0.0252. The lowest BCUT2D eigenvalue weighted by atomic mass is 9.86. The largest absolute Gasteiger partial charge is 0.488 e. The monoisotopic (exact) mass is 557 g/mol. The maximum atomic E-state index is 14.1. The fourth-order valence-corrected chi connectivity index (χ4v) is 4.94. The van der Waals surface area contributed by atoms with Crippen molar-refractivity contribution in [2.24, 2.45) is 11.7 Å². The van der Waals surface area contributed by atoms with Crippen molar-refractivity contribution in [3.63, 3.8) is 0 Å². The van der Waals surface area contributed by atoms with Gasteiger partial charge in [-0.15, -0.1) is 0 Å². The van der Waals surface area contributed by atoms with Crippen molar-refractivity contribution in [3.05, 3.63) is 71.2 Å². The lowest BCUT2D eigenvalue weighted by molar-refractivity contribution is -0.191. The number of halogens is 4. The first-order valence-electron chi connectivity index (χ1n) is 12.4. The van der Waals surface area contributed by atoms with Crippen LogP contribution in [0.5, 0.6) is 5.75 Å². The number of carbonyl (C=O) groups is 1. The number of hydrogen-bond donors (Lipinski definition) is 4. The highest BCUT2D eigenvalue weighted by Crippen LogP contribution is 2.52. The lowest BCUT2D eigenvalue weighted by Gasteiger charge is -2.31. The summed E-state index contributed by atoms with van der Waals surface area (Å²) in [6, 6.07) is 10.5. The van der Waals surface area contributed by atoms with Gasteiger partial charge in [-0.25, -0.2) is 9.37 Å². The average molecular weight is 558 g/mol. The second-order valence-corrected chi connectivity index (χ2v) is 10.1. The van der Waals surface area contributed by atoms with Gasteiger partial charge in [0.05, 0.1) is 12.2 Å². The Morgan fingerprint density at radius 3 is 2.52 bits per heavy atom. The van der Waals surface area contributed by atoms with E-state index < -0.39 is 47.1 Å². The molecule has 2 aromatic carbocycles. The van der Waals surface area contributed by atoms with Gasteiger partial charge in [0.1, 0.15) is 29.2 Å². The van der Waals surface area contributed by atoms with Crippen molar-refractivity contribution in [2.75, 3.05) is 18.9 Å². The van der Waals surface area contributed by atoms with Crippen LogP contribution in [0.2, 0.25) is 0 Å². The van der Waals surface area contributed by atoms with Gasteiger partial charge in [-0.2, -0.15) is 18.2 Å². The zero-order valence-corrected chi connectivity index (χ0v) is 20.8. The molecule has 1 amide bonds. The first-order valence-corrected chi connectivity index (χ1v) is 12.4. The van der Waals surface area contributed by atoms with E-state index in [0.29, 0.717) is 23.9 Å². The van der Waals surface area contributed by atoms with E-state index >= 15 is 0 Å². The van der Waals surface area contributed by atoms with Crippen LogP contribution in [0.1, 0.15) is 34.5 Å². The highest BCUT2D eigenvalue weighted by molar-refractivity contribution is 5.97. The Bertz CT molecular complexity index is 1640. The van der Waals surface area contributed by atoms with Gasteiger partial charge in [0, 0.05) is 16.7 Å². The van der Waals surface area contributed by atoms with Crippen molar-refractivity contribution in [3.8, 4) is 17.0 Å². The third kappa shape index (κ3) is 4.21. The van der Waals surface area contributed by atoms with Gasteiger partial charge in [-0.3, -0.25) is 4.79 Å². The van der Waals surface area contributed by atoms with Crippen LogP contribution in [0.4, 0.5) is 23.6 Å². The van der Waals surface area contributed by atoms with Gasteiger partial charge < -0.3 is 31.0 Å². The zero-order valence-electron chi connectivity index (χ0n) is 20.8. The Balaban J connectivity index is 1.40. The number of nitrogens with zero attached hydrogens (tertiary/aromatic N) is 2. The van der Waals surface area contributed by atoms with E-state index in [1.165, 1.54) is 24.3 Å². The Morgan fingerprint density at radius 1 is 1.12 bits per heavy atom. The second kappa shape index (κ2) is 8.89. The number of rotatable bonds is 6. The van der Waals surface area contributed by atoms with E-state index in [2.05, 4.69) is 15.3 Å². The highest BCUT2D eigenvalue weighted by atomic mass is 19.4. The molecule has 0 radical (unpaired) electrons. The zero-order chi connectivity index (χ0) is 28.4. The van der Waals surface area contributed by atoms with Crippen LogP contribution in [0.3, 0.4) is 0 Å². The quantitative estimate of drug-likeness (QED) is 0.262. The van der Waals surface area contributed by atoms with Crippen molar-refractivity contribution in [1.29, 1.82) is 0 Å². The standard InChI is InChI=1S/C27H23F4N5O4/c28-16-6-1-13(2-7-16)21-22-17(26(33,12-39-22)27(29,30)31)10-20(36-21)25(38,15-4-5-15)11-34-23(37)14-3-8-18-19(9-14)40-24(32)35-18/h1-3,6-10,15,38H,4-5,11-12,33H2,(H2,32,35)(H,34,37)/t25?,26-/m0/s1. The summed E-state index contributed by atoms with van der Waals surface area (Å²) in [5.74, 6) is -1.71. The smallest absolute Gasteiger partial charge is 0.414 e. The fourth-order valence-electron chi connectivity index (χ4n) is 4.94. The number of anilines is 1. The molecule has 0 spiro atoms. The van der Waals surface area contributed by atoms with Crippen LogP contribution >= 0.6 is 0 Å². The number of aliphatic hydroxyl groups is 1. The van der Waals surface area contributed by atoms with Crippen LogP contribution in [-0.4, -0.2) is 40.3 Å². The number of ether oxygens (including phenoxy) is 1. The first-order chi connectivity index (χ1) is 18.9. The number of oxazole rings is 1. The molecule has 1 aliphatic heterocycles. The molecule has 0 bridgehead atoms. The Labute approximate surface area is 224 Å². The van der Waals surface area contributed by atoms with Crippen molar-refractivity contribution < 1.29 is 36.6 Å². The number of benzene rings is 2. The number of pyridine rings is 1. The molecule has 1 aliphatic carbocycles. The highest BCUT2D eigenvalue weighted by Gasteiger charge is 2.59. The van der Waals surface area contributed by atoms with E-state index in [9.17, 15) is 27.5 Å². The van der Waals surface area contributed by atoms with E-state index in [4.69, 9.17) is 20.6 Å². The summed E-state index contributed by atoms with van der Waals surface area (Å²) in [6.45, 7) is -1.25. The van der Waals surface area contributed by atoms with Crippen molar-refractivity contribution >= 4 is 23.0 Å². The first kappa shape index (κ1) is 26.0. The van der Waals surface area contributed by atoms with Gasteiger partial charge in [-0.05, 0) is 67.3 Å². The number of hydrogen-bond acceptors (Lipinski definition) is 8. The maximum Gasteiger partial charge on any atom is 0.414 e. The summed E-state index contributed by atoms with van der Waals surface area (Å²) in [4.78, 5) is 21.5. The normalized spacial score (nSPS) is 20.1. The van der Waals surface area contributed by atoms with Crippen LogP contribution in [0.25, 0.3) is 22.4 Å². The van der Waals surface area contributed by atoms with Crippen LogP contribution in [-0.2, 0) is 11.1 Å². The number of carbonyl (C=O) groups excluding carboxylic acids is 1. The summed E-state index contributed by atoms with van der Waals surface area (Å²) in [5.41, 5.74) is 7.39. The maximum absolute atomic E-state index is 14.1. The number of nitrogen functional groups attached to an aromatic ring is 1. The Morgan fingerprint density at radius 2 is 1.85 bits per heavy atom. The van der Waals surface area contributed by atoms with Gasteiger partial charge >= 0.3 is 6.18 Å². The topological polar surface area (TPSA) is 150 Å². The second-order valence-electron chi connectivity index (χ2n) is 10.1. The van der Waals surface area contributed by atoms with Gasteiger partial charge in [-0.1, -0.05) is 0 Å². The summed E-state index contributed by atoms with van der Waals surface area (Å²) in [7, 11) is 0. The van der Waals surface area contributed by atoms with E-state index in [1.54, 1.807) is 6.07 Å². The van der Waals surface area contributed by atoms with Crippen LogP contribution in [0, 0.1) is 11.7 Å². The minimum Gasteiger partial charge on any atom is -0.488 e. The summed E-state index contributed by atoms with van der Waals surface area (Å²) < 4.78 is 66.8. The number of aromatic nitrogens is 2. The Kier molecular flexibility index (Phi) is 5.78. The molecular weight excluding hydrogens is 534 g/mol. The molecule has 13 heteroatoms. The molecule has 6 N–H and O–H groups in total. The molecule has 2 atom stereocenters. The number of amides is 1. The molecular formula is C27H23F4N5O4. The van der Waals surface area contributed by atoms with Crippen LogP contribution < -0.4 is 21.5 Å². The molecule has 4 aromatic rings. The molecule has 1 saturated carbocycles. The third-order valence-corrected chi connectivity index (χ3v) is 7.40. The fraction of sp³-hybridized carbons (Fsp3) is 0.296. The van der Waals surface area contributed by atoms with E-state index in [1.807, 2.05) is 0 Å². The number of fused-ring (bicyclic) bond motifs is 2. The van der Waals surface area contributed by atoms with Gasteiger partial charge in [0.2, 0.25) is 0 Å². The lowest BCUT2D eigenvalue weighted by Crippen LogP contribution is -2.52. The number of alkyl halides is 3. The predicted molar refractivity (Wildman–Crippen MR) is 134 cm³/mol. The van der Waals surface area contributed by atoms with Crippen LogP contribution in [0.15, 0.2) is 52.9 Å². The number of nitrogens with one attached hydrogen (secondary N) is 1. The number of nitrogens with two attached hydrogens (primary N) is 2. The third-order valence-electron chi connectivity index (χ3n) is 7.40. The molecule has 6 rings (SSSR count). The molecule has 0 saturated heterocycles. The SMILES string of the molecule is Nc1nc2ccc(C(=O)NCC(O)(c3cc4c(c(-c5ccc(F)cc5)n3)OC[C@@]4(N)C(F)(F)F)C3CC3)cc2o1. The molecule has 1 unspecified atom stereocenters. The molecule has 9 nitrogen and oxygen atoms in total. The summed E-state index contributed by atoms with van der Waals surface area (Å²) in [5, 5.41) is 14.5. The summed E-state index contributed by atoms with van der Waals surface area (Å²) >= 11 is 0. The molecule has 40 heavy (non-hydrogen) atoms. The van der Waals surface area contributed by atoms with E-state index in [0.717, 1.165) is 18.2 Å². The predicted octanol–water partition coefficient (Wildman–Crippen LogP) is 3.75. The van der Waals surface area contributed by atoms with Crippen molar-refractivity contribution in [2.45, 2.75) is 30.2 Å². The molecule has 1 fully saturated rings. The van der Waals surface area contributed by atoms with Gasteiger partial charge in [0.25, 0.3) is 11.9 Å². The molecule has 3 heterocycles. The Hall–Kier alpha value is -4.23.